The first-order valence-corrected chi connectivity index (χ1v) is 6.07. The van der Waals surface area contributed by atoms with Crippen LogP contribution in [0, 0.1) is 11.3 Å². The van der Waals surface area contributed by atoms with Crippen molar-refractivity contribution in [1.29, 1.82) is 5.26 Å². The van der Waals surface area contributed by atoms with Crippen LogP contribution in [-0.4, -0.2) is 23.0 Å². The summed E-state index contributed by atoms with van der Waals surface area (Å²) in [7, 11) is 1.53. The fourth-order valence-electron chi connectivity index (χ4n) is 1.67. The highest BCUT2D eigenvalue weighted by molar-refractivity contribution is 5.91. The summed E-state index contributed by atoms with van der Waals surface area (Å²) in [6.07, 6.45) is 2.83. The van der Waals surface area contributed by atoms with Gasteiger partial charge in [0.15, 0.2) is 5.69 Å². The molecule has 7 heteroatoms. The average Bonchev–Trinajstić information content (AvgIpc) is 2.48. The summed E-state index contributed by atoms with van der Waals surface area (Å²) >= 11 is 0. The number of carbonyl (C=O) groups is 1. The first kappa shape index (κ1) is 14.3. The normalized spacial score (nSPS) is 9.57. The summed E-state index contributed by atoms with van der Waals surface area (Å²) in [4.78, 5) is 19.2. The summed E-state index contributed by atoms with van der Waals surface area (Å²) in [5, 5.41) is 14.4. The van der Waals surface area contributed by atoms with Crippen molar-refractivity contribution < 1.29 is 9.53 Å². The highest BCUT2D eigenvalue weighted by Crippen LogP contribution is 2.28. The number of aromatic nitrogens is 2. The molecular formula is C14H13N5O2. The van der Waals surface area contributed by atoms with Gasteiger partial charge in [-0.2, -0.15) is 5.26 Å². The van der Waals surface area contributed by atoms with Crippen LogP contribution in [0.25, 0.3) is 0 Å². The second-order valence-electron chi connectivity index (χ2n) is 4.12. The van der Waals surface area contributed by atoms with Crippen LogP contribution in [-0.2, 0) is 4.79 Å². The Bertz CT molecular complexity index is 692. The van der Waals surface area contributed by atoms with Crippen LogP contribution in [0.3, 0.4) is 0 Å². The van der Waals surface area contributed by atoms with Gasteiger partial charge >= 0.3 is 0 Å². The van der Waals surface area contributed by atoms with Gasteiger partial charge in [-0.05, 0) is 18.2 Å². The Labute approximate surface area is 121 Å². The van der Waals surface area contributed by atoms with Crippen LogP contribution < -0.4 is 15.4 Å². The van der Waals surface area contributed by atoms with Gasteiger partial charge in [0.1, 0.15) is 17.6 Å². The number of methoxy groups -OCH3 is 1. The summed E-state index contributed by atoms with van der Waals surface area (Å²) in [5.74, 6) is 0.859. The number of anilines is 3. The zero-order chi connectivity index (χ0) is 15.2. The van der Waals surface area contributed by atoms with Gasteiger partial charge in [0, 0.05) is 12.6 Å². The molecule has 1 amide bonds. The number of ether oxygens (including phenoxy) is 1. The third kappa shape index (κ3) is 3.67. The zero-order valence-corrected chi connectivity index (χ0v) is 11.5. The SMILES string of the molecule is COc1ccc(Nc2cnc(C#N)cn2)cc1NC(C)=O. The number of nitriles is 1. The van der Waals surface area contributed by atoms with Crippen molar-refractivity contribution >= 4 is 23.1 Å². The van der Waals surface area contributed by atoms with E-state index in [1.54, 1.807) is 18.2 Å². The summed E-state index contributed by atoms with van der Waals surface area (Å²) in [6, 6.07) is 7.13. The lowest BCUT2D eigenvalue weighted by Gasteiger charge is -2.12. The van der Waals surface area contributed by atoms with Crippen LogP contribution >= 0.6 is 0 Å². The molecule has 1 aromatic heterocycles. The minimum Gasteiger partial charge on any atom is -0.495 e. The van der Waals surface area contributed by atoms with Gasteiger partial charge in [0.25, 0.3) is 0 Å². The zero-order valence-electron chi connectivity index (χ0n) is 11.5. The van der Waals surface area contributed by atoms with Gasteiger partial charge in [-0.1, -0.05) is 0 Å². The molecule has 1 heterocycles. The van der Waals surface area contributed by atoms with Crippen LogP contribution in [0.2, 0.25) is 0 Å². The highest BCUT2D eigenvalue weighted by atomic mass is 16.5. The van der Waals surface area contributed by atoms with Gasteiger partial charge in [0.05, 0.1) is 25.2 Å². The molecule has 106 valence electrons. The molecule has 2 N–H and O–H groups in total. The molecule has 0 atom stereocenters. The van der Waals surface area contributed by atoms with Crippen LogP contribution in [0.4, 0.5) is 17.2 Å². The Morgan fingerprint density at radius 3 is 2.71 bits per heavy atom. The van der Waals surface area contributed by atoms with E-state index in [2.05, 4.69) is 20.6 Å². The first-order valence-electron chi connectivity index (χ1n) is 6.07. The number of nitrogens with one attached hydrogen (secondary N) is 2. The fourth-order valence-corrected chi connectivity index (χ4v) is 1.67. The predicted molar refractivity (Wildman–Crippen MR) is 77.3 cm³/mol. The van der Waals surface area contributed by atoms with Crippen molar-refractivity contribution in [2.24, 2.45) is 0 Å². The maximum atomic E-state index is 11.2. The molecule has 0 saturated heterocycles. The lowest BCUT2D eigenvalue weighted by atomic mass is 10.2. The van der Waals surface area contributed by atoms with E-state index < -0.39 is 0 Å². The van der Waals surface area contributed by atoms with E-state index in [4.69, 9.17) is 10.00 Å². The van der Waals surface area contributed by atoms with Crippen molar-refractivity contribution in [2.75, 3.05) is 17.7 Å². The maximum Gasteiger partial charge on any atom is 0.221 e. The predicted octanol–water partition coefficient (Wildman–Crippen LogP) is 2.06. The number of benzene rings is 1. The number of hydrogen-bond donors (Lipinski definition) is 2. The van der Waals surface area contributed by atoms with E-state index in [1.807, 2.05) is 6.07 Å². The molecule has 0 bridgehead atoms. The highest BCUT2D eigenvalue weighted by Gasteiger charge is 2.06. The lowest BCUT2D eigenvalue weighted by molar-refractivity contribution is -0.114. The first-order chi connectivity index (χ1) is 10.1. The second kappa shape index (κ2) is 6.34. The lowest BCUT2D eigenvalue weighted by Crippen LogP contribution is -2.07. The van der Waals surface area contributed by atoms with Crippen LogP contribution in [0.5, 0.6) is 5.75 Å². The molecule has 0 spiro atoms. The van der Waals surface area contributed by atoms with Gasteiger partial charge in [-0.3, -0.25) is 4.79 Å². The monoisotopic (exact) mass is 283 g/mol. The van der Waals surface area contributed by atoms with Crippen LogP contribution in [0.15, 0.2) is 30.6 Å². The molecule has 0 unspecified atom stereocenters. The Morgan fingerprint density at radius 2 is 2.14 bits per heavy atom. The van der Waals surface area contributed by atoms with Crippen molar-refractivity contribution in [3.05, 3.63) is 36.3 Å². The third-order valence-corrected chi connectivity index (χ3v) is 2.55. The third-order valence-electron chi connectivity index (χ3n) is 2.55. The molecule has 0 aliphatic carbocycles. The van der Waals surface area contributed by atoms with Gasteiger partial charge in [-0.15, -0.1) is 0 Å². The molecule has 2 rings (SSSR count). The van der Waals surface area contributed by atoms with E-state index in [-0.39, 0.29) is 11.6 Å². The van der Waals surface area contributed by atoms with Gasteiger partial charge in [-0.25, -0.2) is 9.97 Å². The topological polar surface area (TPSA) is 99.9 Å². The van der Waals surface area contributed by atoms with Crippen molar-refractivity contribution in [3.63, 3.8) is 0 Å². The van der Waals surface area contributed by atoms with Crippen molar-refractivity contribution in [1.82, 2.24) is 9.97 Å². The molecule has 0 fully saturated rings. The Hall–Kier alpha value is -3.14. The smallest absolute Gasteiger partial charge is 0.221 e. The average molecular weight is 283 g/mol. The number of carbonyl (C=O) groups excluding carboxylic acids is 1. The molecular weight excluding hydrogens is 270 g/mol. The molecule has 0 aliphatic heterocycles. The standard InChI is InChI=1S/C14H13N5O2/c1-9(20)18-12-5-10(3-4-13(12)21-2)19-14-8-16-11(6-15)7-17-14/h3-5,7-8H,1-2H3,(H,17,19)(H,18,20). The number of nitrogens with zero attached hydrogens (tertiary/aromatic N) is 3. The molecule has 2 aromatic rings. The molecule has 0 saturated carbocycles. The number of hydrogen-bond acceptors (Lipinski definition) is 6. The van der Waals surface area contributed by atoms with E-state index in [1.165, 1.54) is 26.4 Å². The summed E-state index contributed by atoms with van der Waals surface area (Å²) in [5.41, 5.74) is 1.50. The minimum atomic E-state index is -0.191. The Balaban J connectivity index is 2.23. The van der Waals surface area contributed by atoms with Crippen LogP contribution in [0.1, 0.15) is 12.6 Å². The van der Waals surface area contributed by atoms with E-state index in [0.717, 1.165) is 0 Å². The fraction of sp³-hybridized carbons (Fsp3) is 0.143. The number of amides is 1. The molecule has 0 aliphatic rings. The van der Waals surface area contributed by atoms with Crippen molar-refractivity contribution in [2.45, 2.75) is 6.92 Å². The quantitative estimate of drug-likeness (QED) is 0.890. The van der Waals surface area contributed by atoms with E-state index in [0.29, 0.717) is 22.9 Å². The van der Waals surface area contributed by atoms with E-state index >= 15 is 0 Å². The second-order valence-corrected chi connectivity index (χ2v) is 4.12. The molecule has 0 radical (unpaired) electrons. The molecule has 21 heavy (non-hydrogen) atoms. The molecule has 7 nitrogen and oxygen atoms in total. The van der Waals surface area contributed by atoms with E-state index in [9.17, 15) is 4.79 Å². The van der Waals surface area contributed by atoms with Gasteiger partial charge in [0.2, 0.25) is 5.91 Å². The number of rotatable bonds is 4. The van der Waals surface area contributed by atoms with Crippen molar-refractivity contribution in [3.8, 4) is 11.8 Å². The molecule has 1 aromatic carbocycles. The summed E-state index contributed by atoms with van der Waals surface area (Å²) in [6.45, 7) is 1.42. The summed E-state index contributed by atoms with van der Waals surface area (Å²) < 4.78 is 5.18. The Morgan fingerprint density at radius 1 is 1.33 bits per heavy atom. The Kier molecular flexibility index (Phi) is 4.31. The van der Waals surface area contributed by atoms with Gasteiger partial charge < -0.3 is 15.4 Å². The largest absolute Gasteiger partial charge is 0.495 e. The maximum absolute atomic E-state index is 11.2. The minimum absolute atomic E-state index is 0.191.